The first-order chi connectivity index (χ1) is 4.71. The van der Waals surface area contributed by atoms with E-state index in [4.69, 9.17) is 9.79 Å². The normalized spacial score (nSPS) is 13.5. The predicted molar refractivity (Wildman–Crippen MR) is 40.9 cm³/mol. The molecule has 0 aromatic carbocycles. The monoisotopic (exact) mass is 183 g/mol. The van der Waals surface area contributed by atoms with E-state index in [9.17, 15) is 4.57 Å². The first-order valence-electron chi connectivity index (χ1n) is 3.16. The van der Waals surface area contributed by atoms with Crippen molar-refractivity contribution < 1.29 is 18.9 Å². The molecule has 0 rings (SSSR count). The van der Waals surface area contributed by atoms with Crippen LogP contribution in [0.4, 0.5) is 0 Å². The molecule has 0 spiro atoms. The summed E-state index contributed by atoms with van der Waals surface area (Å²) >= 11 is 0. The van der Waals surface area contributed by atoms with Crippen LogP contribution in [0.3, 0.4) is 0 Å². The van der Waals surface area contributed by atoms with Gasteiger partial charge >= 0.3 is 7.82 Å². The fourth-order valence-corrected chi connectivity index (χ4v) is 0.566. The fourth-order valence-electron chi connectivity index (χ4n) is 0.333. The van der Waals surface area contributed by atoms with Crippen molar-refractivity contribution >= 4 is 7.82 Å². The molecule has 0 fully saturated rings. The maximum atomic E-state index is 10.1. The minimum atomic E-state index is -4.31. The highest BCUT2D eigenvalue weighted by molar-refractivity contribution is 7.46. The van der Waals surface area contributed by atoms with Crippen LogP contribution in [0.15, 0.2) is 0 Å². The Morgan fingerprint density at radius 3 is 2.18 bits per heavy atom. The lowest BCUT2D eigenvalue weighted by atomic mass is 10.1. The summed E-state index contributed by atoms with van der Waals surface area (Å²) in [5.41, 5.74) is -0.199. The first-order valence-corrected chi connectivity index (χ1v) is 4.69. The SMILES string of the molecule is CC(C)(C)NCOP(=O)(O)O. The molecule has 5 nitrogen and oxygen atoms in total. The summed E-state index contributed by atoms with van der Waals surface area (Å²) in [6.45, 7) is 5.47. The topological polar surface area (TPSA) is 78.8 Å². The molecule has 0 bridgehead atoms. The molecule has 0 radical (unpaired) electrons. The van der Waals surface area contributed by atoms with E-state index in [1.54, 1.807) is 0 Å². The zero-order valence-electron chi connectivity index (χ0n) is 6.87. The molecule has 0 aliphatic heterocycles. The highest BCUT2D eigenvalue weighted by atomic mass is 31.2. The van der Waals surface area contributed by atoms with E-state index >= 15 is 0 Å². The average molecular weight is 183 g/mol. The van der Waals surface area contributed by atoms with Crippen LogP contribution < -0.4 is 5.32 Å². The minimum absolute atomic E-state index is 0.145. The van der Waals surface area contributed by atoms with E-state index in [0.717, 1.165) is 0 Å². The van der Waals surface area contributed by atoms with Crippen LogP contribution in [0.1, 0.15) is 20.8 Å². The summed E-state index contributed by atoms with van der Waals surface area (Å²) in [4.78, 5) is 16.5. The van der Waals surface area contributed by atoms with Gasteiger partial charge in [0, 0.05) is 5.54 Å². The molecule has 0 atom stereocenters. The molecule has 11 heavy (non-hydrogen) atoms. The molecule has 6 heteroatoms. The molecule has 68 valence electrons. The Morgan fingerprint density at radius 1 is 1.45 bits per heavy atom. The summed E-state index contributed by atoms with van der Waals surface area (Å²) < 4.78 is 14.3. The van der Waals surface area contributed by atoms with E-state index in [1.165, 1.54) is 0 Å². The number of rotatable bonds is 3. The van der Waals surface area contributed by atoms with E-state index in [2.05, 4.69) is 9.84 Å². The first kappa shape index (κ1) is 11.1. The third kappa shape index (κ3) is 10.1. The van der Waals surface area contributed by atoms with Gasteiger partial charge in [-0.05, 0) is 20.8 Å². The maximum Gasteiger partial charge on any atom is 0.470 e. The van der Waals surface area contributed by atoms with Crippen LogP contribution >= 0.6 is 7.82 Å². The van der Waals surface area contributed by atoms with Gasteiger partial charge in [-0.2, -0.15) is 0 Å². The Kier molecular flexibility index (Phi) is 3.67. The molecular weight excluding hydrogens is 169 g/mol. The fraction of sp³-hybridized carbons (Fsp3) is 1.00. The zero-order chi connectivity index (χ0) is 9.12. The van der Waals surface area contributed by atoms with Gasteiger partial charge in [0.15, 0.2) is 0 Å². The highest BCUT2D eigenvalue weighted by Gasteiger charge is 2.15. The number of nitrogens with one attached hydrogen (secondary N) is 1. The van der Waals surface area contributed by atoms with Crippen LogP contribution in [0.5, 0.6) is 0 Å². The lowest BCUT2D eigenvalue weighted by molar-refractivity contribution is 0.165. The molecule has 0 aromatic rings. The average Bonchev–Trinajstić information content (AvgIpc) is 1.55. The van der Waals surface area contributed by atoms with Crippen LogP contribution in [0, 0.1) is 0 Å². The standard InChI is InChI=1S/C5H14NO4P/c1-5(2,3)6-4-10-11(7,8)9/h6H,4H2,1-3H3,(H2,7,8,9). The van der Waals surface area contributed by atoms with E-state index < -0.39 is 7.82 Å². The molecular formula is C5H14NO4P. The van der Waals surface area contributed by atoms with Crippen molar-refractivity contribution in [1.29, 1.82) is 0 Å². The number of hydrogen-bond donors (Lipinski definition) is 3. The van der Waals surface area contributed by atoms with Crippen molar-refractivity contribution in [3.63, 3.8) is 0 Å². The molecule has 0 heterocycles. The molecule has 0 saturated carbocycles. The van der Waals surface area contributed by atoms with Crippen LogP contribution in [0.2, 0.25) is 0 Å². The van der Waals surface area contributed by atoms with Crippen molar-refractivity contribution in [1.82, 2.24) is 5.32 Å². The largest absolute Gasteiger partial charge is 0.470 e. The Labute approximate surface area is 66.0 Å². The second-order valence-corrected chi connectivity index (χ2v) is 4.43. The van der Waals surface area contributed by atoms with Gasteiger partial charge in [-0.15, -0.1) is 0 Å². The van der Waals surface area contributed by atoms with Gasteiger partial charge in [-0.1, -0.05) is 0 Å². The minimum Gasteiger partial charge on any atom is -0.303 e. The zero-order valence-corrected chi connectivity index (χ0v) is 7.76. The second-order valence-electron chi connectivity index (χ2n) is 3.19. The van der Waals surface area contributed by atoms with Gasteiger partial charge in [0.25, 0.3) is 0 Å². The van der Waals surface area contributed by atoms with Crippen LogP contribution in [-0.4, -0.2) is 22.1 Å². The quantitative estimate of drug-likeness (QED) is 0.437. The summed E-state index contributed by atoms with van der Waals surface area (Å²) in [6.07, 6.45) is 0. The summed E-state index contributed by atoms with van der Waals surface area (Å²) in [6, 6.07) is 0. The lowest BCUT2D eigenvalue weighted by Crippen LogP contribution is -2.36. The van der Waals surface area contributed by atoms with Crippen molar-refractivity contribution in [3.8, 4) is 0 Å². The van der Waals surface area contributed by atoms with Crippen molar-refractivity contribution in [2.24, 2.45) is 0 Å². The van der Waals surface area contributed by atoms with Gasteiger partial charge in [0.2, 0.25) is 0 Å². The van der Waals surface area contributed by atoms with Gasteiger partial charge < -0.3 is 9.79 Å². The van der Waals surface area contributed by atoms with Crippen LogP contribution in [-0.2, 0) is 9.09 Å². The van der Waals surface area contributed by atoms with Gasteiger partial charge in [-0.25, -0.2) is 4.57 Å². The van der Waals surface area contributed by atoms with E-state index in [0.29, 0.717) is 0 Å². The van der Waals surface area contributed by atoms with E-state index in [-0.39, 0.29) is 12.3 Å². The molecule has 0 aliphatic carbocycles. The number of phosphoric ester groups is 1. The highest BCUT2D eigenvalue weighted by Crippen LogP contribution is 2.34. The third-order valence-corrected chi connectivity index (χ3v) is 1.30. The number of phosphoric acid groups is 1. The lowest BCUT2D eigenvalue weighted by Gasteiger charge is -2.20. The molecule has 0 aromatic heterocycles. The van der Waals surface area contributed by atoms with Crippen molar-refractivity contribution in [2.75, 3.05) is 6.73 Å². The molecule has 3 N–H and O–H groups in total. The Morgan fingerprint density at radius 2 is 1.91 bits per heavy atom. The molecule has 0 unspecified atom stereocenters. The van der Waals surface area contributed by atoms with Crippen molar-refractivity contribution in [3.05, 3.63) is 0 Å². The van der Waals surface area contributed by atoms with Gasteiger partial charge in [-0.3, -0.25) is 9.84 Å². The van der Waals surface area contributed by atoms with Crippen LogP contribution in [0.25, 0.3) is 0 Å². The summed E-state index contributed by atoms with van der Waals surface area (Å²) in [5.74, 6) is 0. The molecule has 0 amide bonds. The number of hydrogen-bond acceptors (Lipinski definition) is 3. The summed E-state index contributed by atoms with van der Waals surface area (Å²) in [5, 5.41) is 2.76. The molecule has 0 aliphatic rings. The van der Waals surface area contributed by atoms with E-state index in [1.807, 2.05) is 20.8 Å². The van der Waals surface area contributed by atoms with Crippen molar-refractivity contribution in [2.45, 2.75) is 26.3 Å². The maximum absolute atomic E-state index is 10.1. The molecule has 0 saturated heterocycles. The summed E-state index contributed by atoms with van der Waals surface area (Å²) in [7, 11) is -4.31. The smallest absolute Gasteiger partial charge is 0.303 e. The Bertz CT molecular complexity index is 158. The van der Waals surface area contributed by atoms with Gasteiger partial charge in [0.05, 0.1) is 0 Å². The second kappa shape index (κ2) is 3.65. The predicted octanol–water partition coefficient (Wildman–Crippen LogP) is 0.441. The Hall–Kier alpha value is 0.0700. The Balaban J connectivity index is 3.52. The third-order valence-electron chi connectivity index (χ3n) is 0.835. The van der Waals surface area contributed by atoms with Gasteiger partial charge in [0.1, 0.15) is 6.73 Å².